The van der Waals surface area contributed by atoms with Crippen LogP contribution >= 0.6 is 0 Å². The molecule has 1 aliphatic carbocycles. The minimum atomic E-state index is -0.775. The lowest BCUT2D eigenvalue weighted by atomic mass is 9.80. The molecule has 0 spiro atoms. The van der Waals surface area contributed by atoms with E-state index in [1.165, 1.54) is 0 Å². The van der Waals surface area contributed by atoms with Crippen LogP contribution in [0.4, 0.5) is 0 Å². The van der Waals surface area contributed by atoms with Gasteiger partial charge in [0.25, 0.3) is 0 Å². The van der Waals surface area contributed by atoms with E-state index in [4.69, 9.17) is 11.5 Å². The second-order valence-electron chi connectivity index (χ2n) is 2.32. The maximum absolute atomic E-state index is 10.3. The molecular weight excluding hydrogens is 128 g/mol. The number of carbonyl (C=O) groups is 1. The predicted molar refractivity (Wildman–Crippen MR) is 37.2 cm³/mol. The van der Waals surface area contributed by atoms with E-state index >= 15 is 0 Å². The van der Waals surface area contributed by atoms with Crippen molar-refractivity contribution in [1.29, 1.82) is 0 Å². The maximum atomic E-state index is 10.3. The second kappa shape index (κ2) is 2.57. The first kappa shape index (κ1) is 6.88. The number of carboxylic acids is 1. The van der Waals surface area contributed by atoms with Gasteiger partial charge in [0.15, 0.2) is 0 Å². The van der Waals surface area contributed by atoms with Gasteiger partial charge in [-0.1, -0.05) is 12.2 Å². The van der Waals surface area contributed by atoms with E-state index < -0.39 is 5.97 Å². The molecule has 1 N–H and O–H groups in total. The number of carboxylic acid groups (broad SMARTS) is 1. The first-order valence-electron chi connectivity index (χ1n) is 3.10. The van der Waals surface area contributed by atoms with Crippen molar-refractivity contribution in [2.75, 3.05) is 0 Å². The summed E-state index contributed by atoms with van der Waals surface area (Å²) in [5.41, 5.74) is 0. The Balaban J connectivity index is 2.48. The van der Waals surface area contributed by atoms with Crippen molar-refractivity contribution >= 4 is 5.97 Å². The van der Waals surface area contributed by atoms with Crippen molar-refractivity contribution in [3.8, 4) is 12.3 Å². The first-order valence-corrected chi connectivity index (χ1v) is 3.10. The third-order valence-electron chi connectivity index (χ3n) is 1.67. The SMILES string of the molecule is C#CC[C@@H]1C=C[C@H]1C(=O)O. The molecule has 1 aliphatic rings. The summed E-state index contributed by atoms with van der Waals surface area (Å²) in [5.74, 6) is 1.40. The Kier molecular flexibility index (Phi) is 1.77. The second-order valence-corrected chi connectivity index (χ2v) is 2.32. The van der Waals surface area contributed by atoms with Crippen molar-refractivity contribution in [1.82, 2.24) is 0 Å². The van der Waals surface area contributed by atoms with Crippen molar-refractivity contribution in [2.24, 2.45) is 11.8 Å². The number of allylic oxidation sites excluding steroid dienone is 1. The summed E-state index contributed by atoms with van der Waals surface area (Å²) < 4.78 is 0. The van der Waals surface area contributed by atoms with Crippen LogP contribution < -0.4 is 0 Å². The predicted octanol–water partition coefficient (Wildman–Crippen LogP) is 0.897. The van der Waals surface area contributed by atoms with Crippen LogP contribution in [0.3, 0.4) is 0 Å². The van der Waals surface area contributed by atoms with Crippen molar-refractivity contribution in [3.63, 3.8) is 0 Å². The van der Waals surface area contributed by atoms with Crippen LogP contribution in [0.5, 0.6) is 0 Å². The van der Waals surface area contributed by atoms with Gasteiger partial charge in [-0.3, -0.25) is 4.79 Å². The van der Waals surface area contributed by atoms with E-state index in [2.05, 4.69) is 5.92 Å². The van der Waals surface area contributed by atoms with Crippen LogP contribution in [-0.4, -0.2) is 11.1 Å². The van der Waals surface area contributed by atoms with Crippen molar-refractivity contribution in [2.45, 2.75) is 6.42 Å². The third-order valence-corrected chi connectivity index (χ3v) is 1.67. The lowest BCUT2D eigenvalue weighted by molar-refractivity contribution is -0.141. The Bertz CT molecular complexity index is 210. The number of aliphatic carboxylic acids is 1. The van der Waals surface area contributed by atoms with Gasteiger partial charge >= 0.3 is 5.97 Å². The number of rotatable bonds is 2. The molecule has 0 aromatic carbocycles. The van der Waals surface area contributed by atoms with Gasteiger partial charge in [0, 0.05) is 12.3 Å². The molecule has 2 heteroatoms. The van der Waals surface area contributed by atoms with E-state index in [-0.39, 0.29) is 11.8 Å². The number of hydrogen-bond acceptors (Lipinski definition) is 1. The molecule has 0 aromatic heterocycles. The molecule has 0 bridgehead atoms. The Hall–Kier alpha value is -1.23. The van der Waals surface area contributed by atoms with Gasteiger partial charge < -0.3 is 5.11 Å². The highest BCUT2D eigenvalue weighted by Gasteiger charge is 2.29. The van der Waals surface area contributed by atoms with E-state index in [1.807, 2.05) is 6.08 Å². The molecule has 0 unspecified atom stereocenters. The van der Waals surface area contributed by atoms with Gasteiger partial charge in [0.2, 0.25) is 0 Å². The molecule has 2 nitrogen and oxygen atoms in total. The molecular formula is C8H8O2. The Morgan fingerprint density at radius 2 is 2.40 bits per heavy atom. The monoisotopic (exact) mass is 136 g/mol. The van der Waals surface area contributed by atoms with E-state index in [0.717, 1.165) is 0 Å². The van der Waals surface area contributed by atoms with Crippen LogP contribution in [0.15, 0.2) is 12.2 Å². The molecule has 0 fully saturated rings. The first-order chi connectivity index (χ1) is 4.75. The highest BCUT2D eigenvalue weighted by Crippen LogP contribution is 2.27. The van der Waals surface area contributed by atoms with Crippen molar-refractivity contribution < 1.29 is 9.90 Å². The van der Waals surface area contributed by atoms with Gasteiger partial charge in [0.05, 0.1) is 5.92 Å². The highest BCUT2D eigenvalue weighted by atomic mass is 16.4. The van der Waals surface area contributed by atoms with E-state index in [0.29, 0.717) is 6.42 Å². The molecule has 10 heavy (non-hydrogen) atoms. The molecule has 0 amide bonds. The quantitative estimate of drug-likeness (QED) is 0.452. The molecule has 1 rings (SSSR count). The zero-order chi connectivity index (χ0) is 7.56. The highest BCUT2D eigenvalue weighted by molar-refractivity contribution is 5.74. The maximum Gasteiger partial charge on any atom is 0.310 e. The summed E-state index contributed by atoms with van der Waals surface area (Å²) in [4.78, 5) is 10.3. The topological polar surface area (TPSA) is 37.3 Å². The van der Waals surface area contributed by atoms with Crippen LogP contribution in [0.1, 0.15) is 6.42 Å². The molecule has 0 heterocycles. The fourth-order valence-corrected chi connectivity index (χ4v) is 0.976. The summed E-state index contributed by atoms with van der Waals surface area (Å²) in [6.07, 6.45) is 9.08. The van der Waals surface area contributed by atoms with Gasteiger partial charge in [-0.15, -0.1) is 12.3 Å². The van der Waals surface area contributed by atoms with Gasteiger partial charge in [0.1, 0.15) is 0 Å². The van der Waals surface area contributed by atoms with Crippen LogP contribution in [0.25, 0.3) is 0 Å². The molecule has 2 atom stereocenters. The number of terminal acetylenes is 1. The molecule has 0 saturated carbocycles. The summed E-state index contributed by atoms with van der Waals surface area (Å²) in [5, 5.41) is 8.51. The Labute approximate surface area is 59.6 Å². The van der Waals surface area contributed by atoms with E-state index in [9.17, 15) is 4.79 Å². The smallest absolute Gasteiger partial charge is 0.310 e. The molecule has 52 valence electrons. The van der Waals surface area contributed by atoms with E-state index in [1.54, 1.807) is 6.08 Å². The minimum absolute atomic E-state index is 0.0718. The zero-order valence-electron chi connectivity index (χ0n) is 5.45. The normalized spacial score (nSPS) is 28.7. The summed E-state index contributed by atoms with van der Waals surface area (Å²) in [6.45, 7) is 0. The Morgan fingerprint density at radius 1 is 1.70 bits per heavy atom. The molecule has 0 saturated heterocycles. The van der Waals surface area contributed by atoms with Gasteiger partial charge in [-0.05, 0) is 0 Å². The number of hydrogen-bond donors (Lipinski definition) is 1. The van der Waals surface area contributed by atoms with Crippen LogP contribution in [0.2, 0.25) is 0 Å². The largest absolute Gasteiger partial charge is 0.481 e. The van der Waals surface area contributed by atoms with Crippen LogP contribution in [0, 0.1) is 24.2 Å². The van der Waals surface area contributed by atoms with Gasteiger partial charge in [-0.2, -0.15) is 0 Å². The average Bonchev–Trinajstić information content (AvgIpc) is 1.78. The minimum Gasteiger partial charge on any atom is -0.481 e. The fourth-order valence-electron chi connectivity index (χ4n) is 0.976. The molecule has 0 aliphatic heterocycles. The lowest BCUT2D eigenvalue weighted by Gasteiger charge is -2.23. The molecule has 0 radical (unpaired) electrons. The Morgan fingerprint density at radius 3 is 2.70 bits per heavy atom. The standard InChI is InChI=1S/C8H8O2/c1-2-3-6-4-5-7(6)8(9)10/h1,4-7H,3H2,(H,9,10)/t6-,7-/m1/s1. The summed E-state index contributed by atoms with van der Waals surface area (Å²) >= 11 is 0. The fraction of sp³-hybridized carbons (Fsp3) is 0.375. The lowest BCUT2D eigenvalue weighted by Crippen LogP contribution is -2.26. The molecule has 0 aromatic rings. The average molecular weight is 136 g/mol. The summed E-state index contributed by atoms with van der Waals surface area (Å²) in [7, 11) is 0. The third kappa shape index (κ3) is 1.03. The van der Waals surface area contributed by atoms with Gasteiger partial charge in [-0.25, -0.2) is 0 Å². The zero-order valence-corrected chi connectivity index (χ0v) is 5.45. The van der Waals surface area contributed by atoms with Crippen molar-refractivity contribution in [3.05, 3.63) is 12.2 Å². The summed E-state index contributed by atoms with van der Waals surface area (Å²) in [6, 6.07) is 0. The van der Waals surface area contributed by atoms with Crippen LogP contribution in [-0.2, 0) is 4.79 Å².